The van der Waals surface area contributed by atoms with Gasteiger partial charge < -0.3 is 19.9 Å². The van der Waals surface area contributed by atoms with Crippen LogP contribution in [-0.2, 0) is 5.60 Å². The molecule has 0 aliphatic carbocycles. The number of aromatic nitrogens is 2. The van der Waals surface area contributed by atoms with Crippen molar-refractivity contribution in [1.29, 1.82) is 5.41 Å². The molecule has 1 fully saturated rings. The van der Waals surface area contributed by atoms with Crippen LogP contribution < -0.4 is 5.43 Å². The lowest BCUT2D eigenvalue weighted by Crippen LogP contribution is -2.45. The molecule has 9 nitrogen and oxygen atoms in total. The highest BCUT2D eigenvalue weighted by molar-refractivity contribution is 6.14. The Morgan fingerprint density at radius 1 is 1.47 bits per heavy atom. The predicted octanol–water partition coefficient (Wildman–Crippen LogP) is 2.89. The molecule has 3 N–H and O–H groups in total. The van der Waals surface area contributed by atoms with Crippen LogP contribution in [0.25, 0.3) is 0 Å². The van der Waals surface area contributed by atoms with Gasteiger partial charge in [-0.1, -0.05) is 5.16 Å². The number of nitrogens with zero attached hydrogens (tertiary/aromatic N) is 4. The zero-order valence-electron chi connectivity index (χ0n) is 17.1. The van der Waals surface area contributed by atoms with Gasteiger partial charge in [0.2, 0.25) is 0 Å². The second-order valence-electron chi connectivity index (χ2n) is 7.84. The highest BCUT2D eigenvalue weighted by atomic mass is 19.1. The monoisotopic (exact) mass is 416 g/mol. The summed E-state index contributed by atoms with van der Waals surface area (Å²) in [6.07, 6.45) is 3.67. The SMILES string of the molecule is C[C@@H]1CC[C@@H](c2noc(C(C)(C)O)n2)CN1C(=O)c1ccc(F)cc1N/N=C\C=N. The third-order valence-electron chi connectivity index (χ3n) is 5.02. The molecule has 1 amide bonds. The van der Waals surface area contributed by atoms with E-state index in [4.69, 9.17) is 9.93 Å². The minimum Gasteiger partial charge on any atom is -0.381 e. The molecule has 1 aliphatic heterocycles. The molecular formula is C20H25FN6O3. The number of hydrazone groups is 1. The number of piperidine rings is 1. The van der Waals surface area contributed by atoms with Gasteiger partial charge in [0.1, 0.15) is 11.4 Å². The molecule has 0 bridgehead atoms. The number of rotatable bonds is 6. The first-order valence-corrected chi connectivity index (χ1v) is 9.65. The highest BCUT2D eigenvalue weighted by Gasteiger charge is 2.34. The van der Waals surface area contributed by atoms with Crippen molar-refractivity contribution in [1.82, 2.24) is 15.0 Å². The zero-order valence-corrected chi connectivity index (χ0v) is 17.1. The third-order valence-corrected chi connectivity index (χ3v) is 5.02. The van der Waals surface area contributed by atoms with Crippen LogP contribution in [0.3, 0.4) is 0 Å². The molecule has 0 spiro atoms. The molecule has 0 radical (unpaired) electrons. The number of benzene rings is 1. The number of carbonyl (C=O) groups excluding carboxylic acids is 1. The average molecular weight is 416 g/mol. The number of hydrogen-bond donors (Lipinski definition) is 3. The summed E-state index contributed by atoms with van der Waals surface area (Å²) in [4.78, 5) is 19.3. The maximum Gasteiger partial charge on any atom is 0.258 e. The Balaban J connectivity index is 1.84. The Morgan fingerprint density at radius 3 is 2.90 bits per heavy atom. The fourth-order valence-electron chi connectivity index (χ4n) is 3.34. The van der Waals surface area contributed by atoms with E-state index in [-0.39, 0.29) is 35.0 Å². The van der Waals surface area contributed by atoms with Crippen LogP contribution in [0.2, 0.25) is 0 Å². The molecule has 2 heterocycles. The molecule has 1 aromatic carbocycles. The fourth-order valence-corrected chi connectivity index (χ4v) is 3.34. The number of hydrogen-bond acceptors (Lipinski definition) is 8. The average Bonchev–Trinajstić information content (AvgIpc) is 3.19. The van der Waals surface area contributed by atoms with E-state index in [0.29, 0.717) is 12.4 Å². The van der Waals surface area contributed by atoms with Crippen molar-refractivity contribution in [3.8, 4) is 0 Å². The van der Waals surface area contributed by atoms with Crippen LogP contribution in [0.15, 0.2) is 27.8 Å². The summed E-state index contributed by atoms with van der Waals surface area (Å²) in [7, 11) is 0. The molecule has 0 saturated carbocycles. The first-order valence-electron chi connectivity index (χ1n) is 9.65. The topological polar surface area (TPSA) is 128 Å². The van der Waals surface area contributed by atoms with Crippen LogP contribution in [0, 0.1) is 11.2 Å². The van der Waals surface area contributed by atoms with Crippen LogP contribution in [-0.4, -0.2) is 51.1 Å². The first kappa shape index (κ1) is 21.6. The van der Waals surface area contributed by atoms with Crippen LogP contribution in [0.5, 0.6) is 0 Å². The number of likely N-dealkylation sites (tertiary alicyclic amines) is 1. The number of amides is 1. The van der Waals surface area contributed by atoms with Crippen LogP contribution >= 0.6 is 0 Å². The molecule has 1 aliphatic rings. The molecule has 1 saturated heterocycles. The summed E-state index contributed by atoms with van der Waals surface area (Å²) in [5, 5.41) is 24.8. The van der Waals surface area contributed by atoms with E-state index in [1.807, 2.05) is 6.92 Å². The summed E-state index contributed by atoms with van der Waals surface area (Å²) in [5.74, 6) is -0.341. The summed E-state index contributed by atoms with van der Waals surface area (Å²) >= 11 is 0. The normalized spacial score (nSPS) is 19.8. The Labute approximate surface area is 173 Å². The smallest absolute Gasteiger partial charge is 0.258 e. The third kappa shape index (κ3) is 4.70. The molecular weight excluding hydrogens is 391 g/mol. The lowest BCUT2D eigenvalue weighted by molar-refractivity contribution is 0.0420. The number of halogens is 1. The second-order valence-corrected chi connectivity index (χ2v) is 7.84. The predicted molar refractivity (Wildman–Crippen MR) is 109 cm³/mol. The minimum absolute atomic E-state index is 0.0302. The molecule has 0 unspecified atom stereocenters. The van der Waals surface area contributed by atoms with Crippen molar-refractivity contribution >= 4 is 24.0 Å². The highest BCUT2D eigenvalue weighted by Crippen LogP contribution is 2.32. The summed E-state index contributed by atoms with van der Waals surface area (Å²) < 4.78 is 18.9. The molecule has 2 atom stereocenters. The van der Waals surface area contributed by atoms with Crippen molar-refractivity contribution in [3.63, 3.8) is 0 Å². The standard InChI is InChI=1S/C20H25FN6O3/c1-12-4-5-13(17-24-19(30-26-17)20(2,3)29)11-27(12)18(28)15-7-6-14(21)10-16(15)25-23-9-8-22/h6-10,12-13,22,25,29H,4-5,11H2,1-3H3/b22-8?,23-9-/t12-,13-/m1/s1. The zero-order chi connectivity index (χ0) is 21.9. The van der Waals surface area contributed by atoms with Crippen molar-refractivity contribution in [2.75, 3.05) is 12.0 Å². The molecule has 1 aromatic heterocycles. The minimum atomic E-state index is -1.24. The van der Waals surface area contributed by atoms with Gasteiger partial charge in [-0.05, 0) is 51.8 Å². The largest absolute Gasteiger partial charge is 0.381 e. The number of carbonyl (C=O) groups is 1. The van der Waals surface area contributed by atoms with Gasteiger partial charge in [-0.2, -0.15) is 10.1 Å². The summed E-state index contributed by atoms with van der Waals surface area (Å²) in [6.45, 7) is 5.45. The van der Waals surface area contributed by atoms with Gasteiger partial charge in [0, 0.05) is 24.7 Å². The van der Waals surface area contributed by atoms with Crippen molar-refractivity contribution in [2.45, 2.75) is 51.2 Å². The van der Waals surface area contributed by atoms with Gasteiger partial charge >= 0.3 is 0 Å². The van der Waals surface area contributed by atoms with Crippen molar-refractivity contribution < 1.29 is 18.8 Å². The lowest BCUT2D eigenvalue weighted by Gasteiger charge is -2.37. The van der Waals surface area contributed by atoms with E-state index in [2.05, 4.69) is 20.7 Å². The second kappa shape index (κ2) is 8.70. The number of anilines is 1. The van der Waals surface area contributed by atoms with Gasteiger partial charge in [-0.25, -0.2) is 4.39 Å². The fraction of sp³-hybridized carbons (Fsp3) is 0.450. The van der Waals surface area contributed by atoms with Gasteiger partial charge in [0.15, 0.2) is 5.82 Å². The lowest BCUT2D eigenvalue weighted by atomic mass is 9.92. The Bertz CT molecular complexity index is 952. The van der Waals surface area contributed by atoms with Gasteiger partial charge in [-0.3, -0.25) is 10.2 Å². The maximum atomic E-state index is 13.7. The molecule has 3 rings (SSSR count). The van der Waals surface area contributed by atoms with Gasteiger partial charge in [0.05, 0.1) is 17.5 Å². The van der Waals surface area contributed by atoms with E-state index in [0.717, 1.165) is 19.1 Å². The van der Waals surface area contributed by atoms with Crippen LogP contribution in [0.1, 0.15) is 61.6 Å². The maximum absolute atomic E-state index is 13.7. The van der Waals surface area contributed by atoms with Crippen LogP contribution in [0.4, 0.5) is 10.1 Å². The number of nitrogens with one attached hydrogen (secondary N) is 2. The van der Waals surface area contributed by atoms with Crippen molar-refractivity contribution in [2.24, 2.45) is 5.10 Å². The number of aliphatic hydroxyl groups is 1. The van der Waals surface area contributed by atoms with Gasteiger partial charge in [0.25, 0.3) is 11.8 Å². The Morgan fingerprint density at radius 2 is 2.23 bits per heavy atom. The van der Waals surface area contributed by atoms with E-state index < -0.39 is 11.4 Å². The van der Waals surface area contributed by atoms with E-state index >= 15 is 0 Å². The molecule has 2 aromatic rings. The Hall–Kier alpha value is -3.14. The molecule has 10 heteroatoms. The van der Waals surface area contributed by atoms with E-state index in [1.54, 1.807) is 18.7 Å². The summed E-state index contributed by atoms with van der Waals surface area (Å²) in [5.41, 5.74) is 1.87. The Kier molecular flexibility index (Phi) is 6.25. The molecule has 30 heavy (non-hydrogen) atoms. The van der Waals surface area contributed by atoms with E-state index in [1.165, 1.54) is 24.4 Å². The van der Waals surface area contributed by atoms with Crippen molar-refractivity contribution in [3.05, 3.63) is 41.3 Å². The first-order chi connectivity index (χ1) is 14.2. The quantitative estimate of drug-likeness (QED) is 0.491. The summed E-state index contributed by atoms with van der Waals surface area (Å²) in [6, 6.07) is 3.80. The van der Waals surface area contributed by atoms with Gasteiger partial charge in [-0.15, -0.1) is 0 Å². The molecule has 160 valence electrons. The van der Waals surface area contributed by atoms with E-state index in [9.17, 15) is 14.3 Å².